The molecule has 1 rings (SSSR count). The van der Waals surface area contributed by atoms with E-state index in [0.29, 0.717) is 18.4 Å². The van der Waals surface area contributed by atoms with Gasteiger partial charge in [-0.15, -0.1) is 0 Å². The number of rotatable bonds is 6. The molecule has 0 saturated heterocycles. The van der Waals surface area contributed by atoms with E-state index >= 15 is 0 Å². The SMILES string of the molecule is CC(C)C(CNS(=O)(=O)c1c(Cl)cnn1C)C(C)C. The smallest absolute Gasteiger partial charge is 0.255 e. The Morgan fingerprint density at radius 2 is 1.84 bits per heavy atom. The van der Waals surface area contributed by atoms with Crippen molar-refractivity contribution in [3.05, 3.63) is 11.2 Å². The summed E-state index contributed by atoms with van der Waals surface area (Å²) in [6.45, 7) is 8.78. The molecule has 110 valence electrons. The molecule has 0 atom stereocenters. The van der Waals surface area contributed by atoms with Crippen molar-refractivity contribution in [3.63, 3.8) is 0 Å². The van der Waals surface area contributed by atoms with E-state index in [1.165, 1.54) is 10.9 Å². The predicted octanol–water partition coefficient (Wildman–Crippen LogP) is 2.28. The Morgan fingerprint density at radius 1 is 1.32 bits per heavy atom. The van der Waals surface area contributed by atoms with Crippen LogP contribution in [0.1, 0.15) is 27.7 Å². The van der Waals surface area contributed by atoms with Crippen LogP contribution >= 0.6 is 11.6 Å². The third-order valence-electron chi connectivity index (χ3n) is 3.32. The third kappa shape index (κ3) is 3.94. The van der Waals surface area contributed by atoms with Crippen LogP contribution in [0.5, 0.6) is 0 Å². The molecule has 1 heterocycles. The first-order valence-electron chi connectivity index (χ1n) is 6.34. The van der Waals surface area contributed by atoms with Crippen molar-refractivity contribution in [1.82, 2.24) is 14.5 Å². The van der Waals surface area contributed by atoms with Crippen molar-refractivity contribution >= 4 is 21.6 Å². The van der Waals surface area contributed by atoms with E-state index in [9.17, 15) is 8.42 Å². The van der Waals surface area contributed by atoms with E-state index < -0.39 is 10.0 Å². The first kappa shape index (κ1) is 16.5. The maximum Gasteiger partial charge on any atom is 0.259 e. The Balaban J connectivity index is 2.87. The van der Waals surface area contributed by atoms with E-state index in [4.69, 9.17) is 11.6 Å². The molecule has 0 aliphatic heterocycles. The van der Waals surface area contributed by atoms with Crippen LogP contribution in [0.4, 0.5) is 0 Å². The zero-order chi connectivity index (χ0) is 14.8. The summed E-state index contributed by atoms with van der Waals surface area (Å²) in [4.78, 5) is 0. The van der Waals surface area contributed by atoms with Crippen LogP contribution in [0.3, 0.4) is 0 Å². The first-order valence-corrected chi connectivity index (χ1v) is 8.20. The summed E-state index contributed by atoms with van der Waals surface area (Å²) in [5.74, 6) is 1.09. The second-order valence-corrected chi connectivity index (χ2v) is 7.51. The maximum atomic E-state index is 12.2. The second-order valence-electron chi connectivity index (χ2n) is 5.43. The van der Waals surface area contributed by atoms with Crippen LogP contribution in [0.2, 0.25) is 5.02 Å². The fourth-order valence-corrected chi connectivity index (χ4v) is 3.94. The van der Waals surface area contributed by atoms with Crippen molar-refractivity contribution in [2.75, 3.05) is 6.54 Å². The van der Waals surface area contributed by atoms with Crippen molar-refractivity contribution < 1.29 is 8.42 Å². The summed E-state index contributed by atoms with van der Waals surface area (Å²) < 4.78 is 28.4. The lowest BCUT2D eigenvalue weighted by atomic mass is 9.86. The molecule has 1 aromatic heterocycles. The van der Waals surface area contributed by atoms with Crippen LogP contribution in [-0.4, -0.2) is 24.7 Å². The van der Waals surface area contributed by atoms with Gasteiger partial charge >= 0.3 is 0 Å². The molecule has 0 amide bonds. The topological polar surface area (TPSA) is 64.0 Å². The highest BCUT2D eigenvalue weighted by Gasteiger charge is 2.25. The fourth-order valence-electron chi connectivity index (χ4n) is 2.22. The van der Waals surface area contributed by atoms with E-state index in [1.807, 2.05) is 0 Å². The molecule has 0 aromatic carbocycles. The van der Waals surface area contributed by atoms with Crippen LogP contribution in [0.25, 0.3) is 0 Å². The van der Waals surface area contributed by atoms with Gasteiger partial charge in [-0.1, -0.05) is 39.3 Å². The van der Waals surface area contributed by atoms with E-state index in [1.54, 1.807) is 7.05 Å². The Kier molecular flexibility index (Phi) is 5.41. The molecule has 0 aliphatic rings. The normalized spacial score (nSPS) is 12.9. The Morgan fingerprint density at radius 3 is 2.21 bits per heavy atom. The van der Waals surface area contributed by atoms with Crippen LogP contribution in [0, 0.1) is 17.8 Å². The summed E-state index contributed by atoms with van der Waals surface area (Å²) in [5.41, 5.74) is 0. The van der Waals surface area contributed by atoms with Gasteiger partial charge in [-0.05, 0) is 17.8 Å². The average molecular weight is 308 g/mol. The Hall–Kier alpha value is -0.590. The van der Waals surface area contributed by atoms with E-state index in [2.05, 4.69) is 37.5 Å². The monoisotopic (exact) mass is 307 g/mol. The second kappa shape index (κ2) is 6.24. The molecule has 0 fully saturated rings. The van der Waals surface area contributed by atoms with Crippen LogP contribution in [-0.2, 0) is 17.1 Å². The molecule has 0 spiro atoms. The summed E-state index contributed by atoms with van der Waals surface area (Å²) in [6, 6.07) is 0. The summed E-state index contributed by atoms with van der Waals surface area (Å²) >= 11 is 5.87. The van der Waals surface area contributed by atoms with Crippen molar-refractivity contribution in [2.45, 2.75) is 32.7 Å². The molecule has 1 N–H and O–H groups in total. The molecule has 0 aliphatic carbocycles. The minimum atomic E-state index is -3.62. The maximum absolute atomic E-state index is 12.2. The Labute approximate surface area is 120 Å². The van der Waals surface area contributed by atoms with Gasteiger partial charge in [0.1, 0.15) is 0 Å². The van der Waals surface area contributed by atoms with Gasteiger partial charge in [0.2, 0.25) is 0 Å². The minimum absolute atomic E-state index is 0.0143. The highest BCUT2D eigenvalue weighted by atomic mass is 35.5. The van der Waals surface area contributed by atoms with Crippen LogP contribution < -0.4 is 4.72 Å². The van der Waals surface area contributed by atoms with Crippen LogP contribution in [0.15, 0.2) is 11.2 Å². The predicted molar refractivity (Wildman–Crippen MR) is 76.6 cm³/mol. The Bertz CT molecular complexity index is 496. The van der Waals surface area contributed by atoms with Gasteiger partial charge in [0.25, 0.3) is 10.0 Å². The average Bonchev–Trinajstić information content (AvgIpc) is 2.57. The number of aryl methyl sites for hydroxylation is 1. The number of aromatic nitrogens is 2. The zero-order valence-electron chi connectivity index (χ0n) is 12.0. The fraction of sp³-hybridized carbons (Fsp3) is 0.750. The van der Waals surface area contributed by atoms with Gasteiger partial charge in [-0.2, -0.15) is 5.10 Å². The molecule has 7 heteroatoms. The van der Waals surface area contributed by atoms with Gasteiger partial charge in [0.05, 0.1) is 11.2 Å². The molecule has 19 heavy (non-hydrogen) atoms. The van der Waals surface area contributed by atoms with Gasteiger partial charge in [-0.25, -0.2) is 13.1 Å². The number of nitrogens with one attached hydrogen (secondary N) is 1. The number of halogens is 1. The lowest BCUT2D eigenvalue weighted by Crippen LogP contribution is -2.34. The summed E-state index contributed by atoms with van der Waals surface area (Å²) in [5, 5.41) is 4.00. The number of hydrogen-bond donors (Lipinski definition) is 1. The quantitative estimate of drug-likeness (QED) is 0.877. The lowest BCUT2D eigenvalue weighted by Gasteiger charge is -2.24. The van der Waals surface area contributed by atoms with E-state index in [-0.39, 0.29) is 16.0 Å². The number of hydrogen-bond acceptors (Lipinski definition) is 3. The van der Waals surface area contributed by atoms with Crippen molar-refractivity contribution in [3.8, 4) is 0 Å². The zero-order valence-corrected chi connectivity index (χ0v) is 13.6. The molecule has 0 bridgehead atoms. The summed E-state index contributed by atoms with van der Waals surface area (Å²) in [6.07, 6.45) is 1.33. The van der Waals surface area contributed by atoms with Gasteiger partial charge in [0, 0.05) is 13.6 Å². The third-order valence-corrected chi connectivity index (χ3v) is 5.25. The molecule has 0 radical (unpaired) electrons. The van der Waals surface area contributed by atoms with Crippen molar-refractivity contribution in [2.24, 2.45) is 24.8 Å². The minimum Gasteiger partial charge on any atom is -0.255 e. The lowest BCUT2D eigenvalue weighted by molar-refractivity contribution is 0.289. The standard InChI is InChI=1S/C12H22ClN3O2S/c1-8(2)10(9(3)4)6-15-19(17,18)12-11(13)7-14-16(12)5/h7-10,15H,6H2,1-5H3. The van der Waals surface area contributed by atoms with Crippen molar-refractivity contribution in [1.29, 1.82) is 0 Å². The number of nitrogens with zero attached hydrogens (tertiary/aromatic N) is 2. The van der Waals surface area contributed by atoms with Gasteiger partial charge < -0.3 is 0 Å². The van der Waals surface area contributed by atoms with Gasteiger partial charge in [0.15, 0.2) is 5.03 Å². The molecule has 1 aromatic rings. The highest BCUT2D eigenvalue weighted by molar-refractivity contribution is 7.89. The summed E-state index contributed by atoms with van der Waals surface area (Å²) in [7, 11) is -2.06. The molecular formula is C12H22ClN3O2S. The molecule has 0 unspecified atom stereocenters. The molecular weight excluding hydrogens is 286 g/mol. The molecule has 5 nitrogen and oxygen atoms in total. The van der Waals surface area contributed by atoms with E-state index in [0.717, 1.165) is 0 Å². The largest absolute Gasteiger partial charge is 0.259 e. The molecule has 0 saturated carbocycles. The first-order chi connectivity index (χ1) is 8.66. The highest BCUT2D eigenvalue weighted by Crippen LogP contribution is 2.22. The van der Waals surface area contributed by atoms with Gasteiger partial charge in [-0.3, -0.25) is 4.68 Å². The number of sulfonamides is 1.